The lowest BCUT2D eigenvalue weighted by Crippen LogP contribution is -2.37. The van der Waals surface area contributed by atoms with Crippen LogP contribution in [-0.4, -0.2) is 46.9 Å². The lowest BCUT2D eigenvalue weighted by Gasteiger charge is -2.13. The number of aryl methyl sites for hydroxylation is 1. The molecular formula is C16H22ClN3O4. The highest BCUT2D eigenvalue weighted by Crippen LogP contribution is 2.25. The first-order valence-corrected chi connectivity index (χ1v) is 7.56. The number of para-hydroxylation sites is 1. The number of aliphatic hydroxyl groups is 1. The lowest BCUT2D eigenvalue weighted by molar-refractivity contribution is 0.0949. The van der Waals surface area contributed by atoms with E-state index in [1.807, 2.05) is 6.92 Å². The number of amides is 1. The molecule has 0 saturated carbocycles. The Bertz CT molecular complexity index is 761. The number of rotatable bonds is 7. The summed E-state index contributed by atoms with van der Waals surface area (Å²) in [4.78, 5) is 24.8. The molecule has 0 spiro atoms. The molecule has 1 amide bonds. The second-order valence-corrected chi connectivity index (χ2v) is 5.02. The normalized spacial score (nSPS) is 10.4. The van der Waals surface area contributed by atoms with Gasteiger partial charge in [-0.25, -0.2) is 0 Å². The molecule has 0 aliphatic heterocycles. The van der Waals surface area contributed by atoms with E-state index < -0.39 is 11.5 Å². The van der Waals surface area contributed by atoms with Crippen LogP contribution in [-0.2, 0) is 6.54 Å². The molecule has 7 nitrogen and oxygen atoms in total. The van der Waals surface area contributed by atoms with Gasteiger partial charge in [-0.1, -0.05) is 12.1 Å². The fourth-order valence-corrected chi connectivity index (χ4v) is 2.47. The van der Waals surface area contributed by atoms with Gasteiger partial charge in [-0.2, -0.15) is 0 Å². The van der Waals surface area contributed by atoms with E-state index in [9.17, 15) is 14.7 Å². The Morgan fingerprint density at radius 1 is 1.21 bits per heavy atom. The highest BCUT2D eigenvalue weighted by Gasteiger charge is 2.21. The minimum Gasteiger partial charge on any atom is -0.506 e. The summed E-state index contributed by atoms with van der Waals surface area (Å²) in [6.45, 7) is 3.41. The average Bonchev–Trinajstić information content (AvgIpc) is 2.55. The molecule has 0 aliphatic carbocycles. The van der Waals surface area contributed by atoms with E-state index in [2.05, 4.69) is 10.6 Å². The Balaban J connectivity index is 0.00000288. The second-order valence-electron chi connectivity index (χ2n) is 5.02. The summed E-state index contributed by atoms with van der Waals surface area (Å²) in [5, 5.41) is 25.0. The maximum absolute atomic E-state index is 12.5. The van der Waals surface area contributed by atoms with E-state index in [-0.39, 0.29) is 36.9 Å². The zero-order valence-electron chi connectivity index (χ0n) is 13.4. The predicted octanol–water partition coefficient (Wildman–Crippen LogP) is 0.461. The molecule has 0 fully saturated rings. The number of fused-ring (bicyclic) bond motifs is 1. The van der Waals surface area contributed by atoms with Gasteiger partial charge in [0.05, 0.1) is 12.1 Å². The van der Waals surface area contributed by atoms with Crippen LogP contribution in [0.3, 0.4) is 0 Å². The quantitative estimate of drug-likeness (QED) is 0.540. The largest absolute Gasteiger partial charge is 0.506 e. The molecule has 132 valence electrons. The van der Waals surface area contributed by atoms with Crippen molar-refractivity contribution >= 4 is 29.2 Å². The number of halogens is 1. The van der Waals surface area contributed by atoms with Crippen molar-refractivity contribution in [2.75, 3.05) is 26.2 Å². The number of carbonyl (C=O) groups is 1. The van der Waals surface area contributed by atoms with Crippen LogP contribution >= 0.6 is 12.4 Å². The van der Waals surface area contributed by atoms with Gasteiger partial charge in [-0.15, -0.1) is 12.4 Å². The van der Waals surface area contributed by atoms with Crippen LogP contribution in [0.4, 0.5) is 0 Å². The first kappa shape index (κ1) is 20.0. The third-order valence-corrected chi connectivity index (χ3v) is 3.56. The van der Waals surface area contributed by atoms with Crippen LogP contribution in [0.2, 0.25) is 0 Å². The minimum absolute atomic E-state index is 0. The smallest absolute Gasteiger partial charge is 0.267 e. The highest BCUT2D eigenvalue weighted by atomic mass is 35.5. The van der Waals surface area contributed by atoms with Gasteiger partial charge >= 0.3 is 0 Å². The zero-order chi connectivity index (χ0) is 16.8. The molecule has 24 heavy (non-hydrogen) atoms. The molecule has 1 aromatic carbocycles. The molecule has 0 aliphatic rings. The number of aliphatic hydroxyl groups excluding tert-OH is 1. The summed E-state index contributed by atoms with van der Waals surface area (Å²) in [6, 6.07) is 6.93. The van der Waals surface area contributed by atoms with E-state index in [1.165, 1.54) is 4.57 Å². The first-order valence-electron chi connectivity index (χ1n) is 7.56. The average molecular weight is 356 g/mol. The Morgan fingerprint density at radius 3 is 2.58 bits per heavy atom. The van der Waals surface area contributed by atoms with Crippen molar-refractivity contribution in [1.82, 2.24) is 15.2 Å². The molecule has 2 aromatic rings. The third-order valence-electron chi connectivity index (χ3n) is 3.56. The number of benzene rings is 1. The van der Waals surface area contributed by atoms with Gasteiger partial charge in [-0.05, 0) is 19.1 Å². The second kappa shape index (κ2) is 9.27. The molecule has 0 unspecified atom stereocenters. The summed E-state index contributed by atoms with van der Waals surface area (Å²) in [5.74, 6) is -0.901. The standard InChI is InChI=1S/C16H21N3O4.ClH/c1-2-19-12-6-4-3-5-11(12)14(21)13(16(19)23)15(22)18-8-7-17-9-10-20;/h3-6,17,20-21H,2,7-10H2,1H3,(H,18,22);1H. The van der Waals surface area contributed by atoms with Gasteiger partial charge in [-0.3, -0.25) is 9.59 Å². The summed E-state index contributed by atoms with van der Waals surface area (Å²) < 4.78 is 1.47. The molecule has 0 radical (unpaired) electrons. The Morgan fingerprint density at radius 2 is 1.92 bits per heavy atom. The van der Waals surface area contributed by atoms with Gasteiger partial charge in [0.2, 0.25) is 0 Å². The number of aromatic nitrogens is 1. The van der Waals surface area contributed by atoms with Crippen LogP contribution in [0.15, 0.2) is 29.1 Å². The fraction of sp³-hybridized carbons (Fsp3) is 0.375. The Kier molecular flexibility index (Phi) is 7.70. The number of hydrogen-bond acceptors (Lipinski definition) is 5. The highest BCUT2D eigenvalue weighted by molar-refractivity contribution is 6.02. The van der Waals surface area contributed by atoms with Crippen LogP contribution in [0.5, 0.6) is 5.75 Å². The summed E-state index contributed by atoms with van der Waals surface area (Å²) in [6.07, 6.45) is 0. The van der Waals surface area contributed by atoms with Gasteiger partial charge in [0, 0.05) is 31.6 Å². The molecule has 2 rings (SSSR count). The van der Waals surface area contributed by atoms with Gasteiger partial charge in [0.25, 0.3) is 11.5 Å². The van der Waals surface area contributed by atoms with Gasteiger partial charge < -0.3 is 25.4 Å². The Labute approximate surface area is 145 Å². The van der Waals surface area contributed by atoms with Crippen LogP contribution in [0.25, 0.3) is 10.9 Å². The maximum atomic E-state index is 12.5. The van der Waals surface area contributed by atoms with Crippen molar-refractivity contribution in [1.29, 1.82) is 0 Å². The molecule has 0 bridgehead atoms. The van der Waals surface area contributed by atoms with Crippen molar-refractivity contribution in [2.24, 2.45) is 0 Å². The molecule has 1 heterocycles. The van der Waals surface area contributed by atoms with E-state index in [0.717, 1.165) is 0 Å². The van der Waals surface area contributed by atoms with Crippen molar-refractivity contribution in [3.63, 3.8) is 0 Å². The molecule has 1 aromatic heterocycles. The number of pyridine rings is 1. The molecule has 4 N–H and O–H groups in total. The fourth-order valence-electron chi connectivity index (χ4n) is 2.47. The van der Waals surface area contributed by atoms with E-state index in [1.54, 1.807) is 24.3 Å². The van der Waals surface area contributed by atoms with Crippen molar-refractivity contribution in [3.05, 3.63) is 40.2 Å². The lowest BCUT2D eigenvalue weighted by atomic mass is 10.1. The van der Waals surface area contributed by atoms with Crippen LogP contribution < -0.4 is 16.2 Å². The number of nitrogens with zero attached hydrogens (tertiary/aromatic N) is 1. The SMILES string of the molecule is CCn1c(=O)c(C(=O)NCCNCCO)c(O)c2ccccc21.Cl. The third kappa shape index (κ3) is 4.05. The van der Waals surface area contributed by atoms with Crippen molar-refractivity contribution < 1.29 is 15.0 Å². The van der Waals surface area contributed by atoms with Crippen LogP contribution in [0.1, 0.15) is 17.3 Å². The molecular weight excluding hydrogens is 334 g/mol. The topological polar surface area (TPSA) is 104 Å². The van der Waals surface area contributed by atoms with E-state index >= 15 is 0 Å². The summed E-state index contributed by atoms with van der Waals surface area (Å²) in [7, 11) is 0. The van der Waals surface area contributed by atoms with Gasteiger partial charge in [0.15, 0.2) is 0 Å². The molecule has 0 saturated heterocycles. The first-order chi connectivity index (χ1) is 11.1. The maximum Gasteiger partial charge on any atom is 0.267 e. The Hall–Kier alpha value is -2.09. The monoisotopic (exact) mass is 355 g/mol. The molecule has 8 heteroatoms. The van der Waals surface area contributed by atoms with Crippen LogP contribution in [0, 0.1) is 0 Å². The number of hydrogen-bond donors (Lipinski definition) is 4. The number of carbonyl (C=O) groups excluding carboxylic acids is 1. The number of aromatic hydroxyl groups is 1. The predicted molar refractivity (Wildman–Crippen MR) is 95.1 cm³/mol. The van der Waals surface area contributed by atoms with Gasteiger partial charge in [0.1, 0.15) is 11.3 Å². The van der Waals surface area contributed by atoms with E-state index in [0.29, 0.717) is 30.5 Å². The minimum atomic E-state index is -0.605. The summed E-state index contributed by atoms with van der Waals surface area (Å²) >= 11 is 0. The number of nitrogens with one attached hydrogen (secondary N) is 2. The molecule has 0 atom stereocenters. The van der Waals surface area contributed by atoms with Crippen molar-refractivity contribution in [3.8, 4) is 5.75 Å². The van der Waals surface area contributed by atoms with E-state index in [4.69, 9.17) is 5.11 Å². The summed E-state index contributed by atoms with van der Waals surface area (Å²) in [5.41, 5.74) is -0.157. The van der Waals surface area contributed by atoms with Crippen molar-refractivity contribution in [2.45, 2.75) is 13.5 Å². The zero-order valence-corrected chi connectivity index (χ0v) is 14.2.